The van der Waals surface area contributed by atoms with Crippen molar-refractivity contribution in [3.8, 4) is 0 Å². The Kier molecular flexibility index (Phi) is 7.33. The second-order valence-electron chi connectivity index (χ2n) is 8.16. The summed E-state index contributed by atoms with van der Waals surface area (Å²) in [6.45, 7) is 11.9. The van der Waals surface area contributed by atoms with E-state index in [0.29, 0.717) is 24.3 Å². The zero-order chi connectivity index (χ0) is 16.9. The number of carbonyl (C=O) groups is 1. The third-order valence-corrected chi connectivity index (χ3v) is 5.32. The van der Waals surface area contributed by atoms with Gasteiger partial charge in [0.15, 0.2) is 0 Å². The number of rotatable bonds is 7. The standard InChI is InChI=1S/C18H36N2O2/c1-13(2)15-9-8-14(3)10-16(15)22-11-17(21)19-12-18(4,5)20(6)7/h13-16H,8-12H2,1-7H3,(H,19,21)/t14-,15-,16-/m1/s1. The van der Waals surface area contributed by atoms with E-state index in [1.165, 1.54) is 12.8 Å². The van der Waals surface area contributed by atoms with E-state index in [4.69, 9.17) is 4.74 Å². The Bertz CT molecular complexity index is 353. The fourth-order valence-corrected chi connectivity index (χ4v) is 3.01. The van der Waals surface area contributed by atoms with Crippen LogP contribution in [0.5, 0.6) is 0 Å². The van der Waals surface area contributed by atoms with Gasteiger partial charge in [0.2, 0.25) is 5.91 Å². The molecule has 1 rings (SSSR count). The van der Waals surface area contributed by atoms with Crippen molar-refractivity contribution < 1.29 is 9.53 Å². The number of amides is 1. The summed E-state index contributed by atoms with van der Waals surface area (Å²) in [5, 5.41) is 2.99. The summed E-state index contributed by atoms with van der Waals surface area (Å²) in [4.78, 5) is 14.2. The van der Waals surface area contributed by atoms with Crippen molar-refractivity contribution in [2.75, 3.05) is 27.2 Å². The van der Waals surface area contributed by atoms with Crippen LogP contribution in [0.25, 0.3) is 0 Å². The molecule has 1 amide bonds. The summed E-state index contributed by atoms with van der Waals surface area (Å²) in [5.41, 5.74) is -0.0462. The molecule has 0 aromatic carbocycles. The summed E-state index contributed by atoms with van der Waals surface area (Å²) >= 11 is 0. The fourth-order valence-electron chi connectivity index (χ4n) is 3.01. The molecule has 1 aliphatic carbocycles. The van der Waals surface area contributed by atoms with Crippen LogP contribution in [-0.2, 0) is 9.53 Å². The molecule has 0 saturated heterocycles. The molecule has 0 aromatic rings. The monoisotopic (exact) mass is 312 g/mol. The Morgan fingerprint density at radius 1 is 1.32 bits per heavy atom. The van der Waals surface area contributed by atoms with Gasteiger partial charge in [-0.2, -0.15) is 0 Å². The first-order chi connectivity index (χ1) is 10.1. The van der Waals surface area contributed by atoms with E-state index in [-0.39, 0.29) is 24.2 Å². The molecule has 22 heavy (non-hydrogen) atoms. The summed E-state index contributed by atoms with van der Waals surface area (Å²) in [5.74, 6) is 1.90. The molecule has 0 bridgehead atoms. The first-order valence-electron chi connectivity index (χ1n) is 8.69. The van der Waals surface area contributed by atoms with Gasteiger partial charge in [-0.1, -0.05) is 27.2 Å². The molecule has 0 radical (unpaired) electrons. The molecule has 0 heterocycles. The van der Waals surface area contributed by atoms with E-state index >= 15 is 0 Å². The fraction of sp³-hybridized carbons (Fsp3) is 0.944. The van der Waals surface area contributed by atoms with Gasteiger partial charge in [-0.25, -0.2) is 0 Å². The maximum Gasteiger partial charge on any atom is 0.246 e. The Morgan fingerprint density at radius 2 is 1.95 bits per heavy atom. The highest BCUT2D eigenvalue weighted by molar-refractivity contribution is 5.77. The highest BCUT2D eigenvalue weighted by atomic mass is 16.5. The normalized spacial score (nSPS) is 26.5. The van der Waals surface area contributed by atoms with Gasteiger partial charge in [0.1, 0.15) is 6.61 Å². The number of nitrogens with zero attached hydrogens (tertiary/aromatic N) is 1. The molecular formula is C18H36N2O2. The summed E-state index contributed by atoms with van der Waals surface area (Å²) in [6, 6.07) is 0. The number of likely N-dealkylation sites (N-methyl/N-ethyl adjacent to an activating group) is 1. The maximum absolute atomic E-state index is 12.1. The van der Waals surface area contributed by atoms with Gasteiger partial charge in [0.25, 0.3) is 0 Å². The Hall–Kier alpha value is -0.610. The van der Waals surface area contributed by atoms with Crippen LogP contribution in [0.3, 0.4) is 0 Å². The van der Waals surface area contributed by atoms with Gasteiger partial charge in [0.05, 0.1) is 6.10 Å². The zero-order valence-electron chi connectivity index (χ0n) is 15.6. The van der Waals surface area contributed by atoms with Crippen molar-refractivity contribution in [1.29, 1.82) is 0 Å². The SMILES string of the molecule is CC(C)[C@H]1CC[C@@H](C)C[C@H]1OCC(=O)NCC(C)(C)N(C)C. The lowest BCUT2D eigenvalue weighted by atomic mass is 9.75. The van der Waals surface area contributed by atoms with Crippen molar-refractivity contribution in [1.82, 2.24) is 10.2 Å². The van der Waals surface area contributed by atoms with Crippen molar-refractivity contribution in [3.63, 3.8) is 0 Å². The third kappa shape index (κ3) is 5.88. The minimum Gasteiger partial charge on any atom is -0.368 e. The van der Waals surface area contributed by atoms with E-state index in [1.54, 1.807) is 0 Å². The van der Waals surface area contributed by atoms with E-state index in [0.717, 1.165) is 6.42 Å². The number of carbonyl (C=O) groups excluding carboxylic acids is 1. The second kappa shape index (κ2) is 8.30. The molecule has 130 valence electrons. The molecule has 0 aliphatic heterocycles. The number of ether oxygens (including phenoxy) is 1. The lowest BCUT2D eigenvalue weighted by Crippen LogP contribution is -2.49. The van der Waals surface area contributed by atoms with Crippen molar-refractivity contribution in [2.45, 2.75) is 65.5 Å². The quantitative estimate of drug-likeness (QED) is 0.786. The summed E-state index contributed by atoms with van der Waals surface area (Å²) in [6.07, 6.45) is 3.82. The molecule has 0 spiro atoms. The van der Waals surface area contributed by atoms with Gasteiger partial charge in [-0.3, -0.25) is 4.79 Å². The van der Waals surface area contributed by atoms with E-state index in [1.807, 2.05) is 14.1 Å². The van der Waals surface area contributed by atoms with Gasteiger partial charge in [-0.05, 0) is 58.5 Å². The lowest BCUT2D eigenvalue weighted by molar-refractivity contribution is -0.131. The molecule has 1 fully saturated rings. The molecule has 1 saturated carbocycles. The first-order valence-corrected chi connectivity index (χ1v) is 8.69. The van der Waals surface area contributed by atoms with Gasteiger partial charge in [-0.15, -0.1) is 0 Å². The average molecular weight is 312 g/mol. The Morgan fingerprint density at radius 3 is 2.50 bits per heavy atom. The molecule has 4 heteroatoms. The van der Waals surface area contributed by atoms with Crippen LogP contribution in [0, 0.1) is 17.8 Å². The predicted molar refractivity (Wildman–Crippen MR) is 91.9 cm³/mol. The van der Waals surface area contributed by atoms with Crippen molar-refractivity contribution in [2.24, 2.45) is 17.8 Å². The number of hydrogen-bond donors (Lipinski definition) is 1. The first kappa shape index (κ1) is 19.4. The Balaban J connectivity index is 2.41. The van der Waals surface area contributed by atoms with Gasteiger partial charge >= 0.3 is 0 Å². The van der Waals surface area contributed by atoms with E-state index in [2.05, 4.69) is 44.8 Å². The molecular weight excluding hydrogens is 276 g/mol. The molecule has 1 N–H and O–H groups in total. The number of nitrogens with one attached hydrogen (secondary N) is 1. The van der Waals surface area contributed by atoms with Gasteiger partial charge < -0.3 is 15.0 Å². The Labute approximate surface area is 137 Å². The minimum atomic E-state index is -0.0462. The molecule has 4 nitrogen and oxygen atoms in total. The zero-order valence-corrected chi connectivity index (χ0v) is 15.6. The largest absolute Gasteiger partial charge is 0.368 e. The van der Waals surface area contributed by atoms with E-state index < -0.39 is 0 Å². The molecule has 0 unspecified atom stereocenters. The lowest BCUT2D eigenvalue weighted by Gasteiger charge is -2.37. The van der Waals surface area contributed by atoms with Gasteiger partial charge in [0, 0.05) is 12.1 Å². The summed E-state index contributed by atoms with van der Waals surface area (Å²) < 4.78 is 5.99. The van der Waals surface area contributed by atoms with Crippen molar-refractivity contribution >= 4 is 5.91 Å². The van der Waals surface area contributed by atoms with Crippen LogP contribution in [0.15, 0.2) is 0 Å². The van der Waals surface area contributed by atoms with E-state index in [9.17, 15) is 4.79 Å². The van der Waals surface area contributed by atoms with Crippen LogP contribution < -0.4 is 5.32 Å². The van der Waals surface area contributed by atoms with Crippen LogP contribution in [-0.4, -0.2) is 49.7 Å². The highest BCUT2D eigenvalue weighted by Gasteiger charge is 2.31. The maximum atomic E-state index is 12.1. The predicted octanol–water partition coefficient (Wildman–Crippen LogP) is 2.92. The van der Waals surface area contributed by atoms with Crippen LogP contribution >= 0.6 is 0 Å². The molecule has 0 aromatic heterocycles. The topological polar surface area (TPSA) is 41.6 Å². The van der Waals surface area contributed by atoms with Crippen LogP contribution in [0.4, 0.5) is 0 Å². The summed E-state index contributed by atoms with van der Waals surface area (Å²) in [7, 11) is 4.05. The smallest absolute Gasteiger partial charge is 0.246 e. The second-order valence-corrected chi connectivity index (χ2v) is 8.16. The minimum absolute atomic E-state index is 0.00402. The molecule has 1 aliphatic rings. The van der Waals surface area contributed by atoms with Crippen molar-refractivity contribution in [3.05, 3.63) is 0 Å². The third-order valence-electron chi connectivity index (χ3n) is 5.32. The number of hydrogen-bond acceptors (Lipinski definition) is 3. The average Bonchev–Trinajstić information content (AvgIpc) is 2.42. The molecule has 3 atom stereocenters. The van der Waals surface area contributed by atoms with Crippen LogP contribution in [0.2, 0.25) is 0 Å². The highest BCUT2D eigenvalue weighted by Crippen LogP contribution is 2.35. The van der Waals surface area contributed by atoms with Crippen LogP contribution in [0.1, 0.15) is 53.9 Å².